The van der Waals surface area contributed by atoms with Gasteiger partial charge in [-0.3, -0.25) is 4.79 Å². The lowest BCUT2D eigenvalue weighted by molar-refractivity contribution is 0.102. The molecule has 0 saturated heterocycles. The summed E-state index contributed by atoms with van der Waals surface area (Å²) in [5.41, 5.74) is 2.39. The first-order chi connectivity index (χ1) is 12.5. The molecule has 2 heterocycles. The number of nitrogens with one attached hydrogen (secondary N) is 1. The first-order valence-electron chi connectivity index (χ1n) is 8.00. The Labute approximate surface area is 155 Å². The highest BCUT2D eigenvalue weighted by molar-refractivity contribution is 7.13. The number of methoxy groups -OCH3 is 1. The van der Waals surface area contributed by atoms with Crippen molar-refractivity contribution in [2.75, 3.05) is 12.4 Å². The highest BCUT2D eigenvalue weighted by Gasteiger charge is 2.14. The number of carbonyl (C=O) groups excluding carboxylic acids is 1. The second-order valence-corrected chi connectivity index (χ2v) is 6.95. The van der Waals surface area contributed by atoms with Gasteiger partial charge in [0.25, 0.3) is 5.91 Å². The molecule has 1 amide bonds. The van der Waals surface area contributed by atoms with E-state index in [9.17, 15) is 4.79 Å². The Morgan fingerprint density at radius 3 is 2.54 bits per heavy atom. The van der Waals surface area contributed by atoms with Crippen LogP contribution in [0.5, 0.6) is 17.4 Å². The average molecular weight is 369 g/mol. The minimum absolute atomic E-state index is 0.191. The number of benzene rings is 1. The van der Waals surface area contributed by atoms with Gasteiger partial charge in [-0.05, 0) is 44.5 Å². The lowest BCUT2D eigenvalue weighted by atomic mass is 10.2. The smallest absolute Gasteiger partial charge is 0.267 e. The molecule has 1 aromatic carbocycles. The lowest BCUT2D eigenvalue weighted by Gasteiger charge is -2.10. The van der Waals surface area contributed by atoms with Gasteiger partial charge in [-0.2, -0.15) is 0 Å². The van der Waals surface area contributed by atoms with Crippen LogP contribution in [0.2, 0.25) is 0 Å². The molecule has 1 N–H and O–H groups in total. The number of hydrogen-bond acceptors (Lipinski definition) is 6. The quantitative estimate of drug-likeness (QED) is 0.716. The number of nitrogens with zero attached hydrogens (tertiary/aromatic N) is 2. The number of hydrogen-bond donors (Lipinski definition) is 1. The summed E-state index contributed by atoms with van der Waals surface area (Å²) in [5, 5.41) is 3.68. The topological polar surface area (TPSA) is 73.3 Å². The third-order valence-electron chi connectivity index (χ3n) is 3.64. The number of carbonyl (C=O) groups is 1. The minimum Gasteiger partial charge on any atom is -0.493 e. The van der Waals surface area contributed by atoms with E-state index in [0.717, 1.165) is 16.3 Å². The van der Waals surface area contributed by atoms with Gasteiger partial charge in [-0.1, -0.05) is 6.07 Å². The van der Waals surface area contributed by atoms with Gasteiger partial charge in [0.1, 0.15) is 4.88 Å². The zero-order valence-electron chi connectivity index (χ0n) is 15.0. The molecular weight excluding hydrogens is 350 g/mol. The van der Waals surface area contributed by atoms with Crippen molar-refractivity contribution in [1.82, 2.24) is 9.97 Å². The largest absolute Gasteiger partial charge is 0.493 e. The first-order valence-corrected chi connectivity index (χ1v) is 8.82. The highest BCUT2D eigenvalue weighted by atomic mass is 32.1. The van der Waals surface area contributed by atoms with Gasteiger partial charge in [0.05, 0.1) is 29.7 Å². The minimum atomic E-state index is -0.191. The summed E-state index contributed by atoms with van der Waals surface area (Å²) in [4.78, 5) is 21.4. The van der Waals surface area contributed by atoms with Crippen LogP contribution in [-0.4, -0.2) is 23.0 Å². The third kappa shape index (κ3) is 4.00. The predicted octanol–water partition coefficient (Wildman–Crippen LogP) is 4.52. The normalized spacial score (nSPS) is 10.5. The van der Waals surface area contributed by atoms with Gasteiger partial charge in [-0.25, -0.2) is 9.97 Å². The van der Waals surface area contributed by atoms with E-state index in [1.165, 1.54) is 11.3 Å². The number of thiazole rings is 1. The standard InChI is InChI=1S/C19H19N3O3S/c1-11-5-7-15(16(9-11)24-4)25-17-8-6-14(10-20-17)22-19(23)18-12(2)21-13(3)26-18/h5-10H,1-4H3,(H,22,23). The van der Waals surface area contributed by atoms with Crippen LogP contribution >= 0.6 is 11.3 Å². The van der Waals surface area contributed by atoms with Crippen LogP contribution in [-0.2, 0) is 0 Å². The number of aromatic nitrogens is 2. The Hall–Kier alpha value is -2.93. The number of aryl methyl sites for hydroxylation is 3. The van der Waals surface area contributed by atoms with Crippen molar-refractivity contribution in [2.45, 2.75) is 20.8 Å². The Morgan fingerprint density at radius 2 is 1.92 bits per heavy atom. The van der Waals surface area contributed by atoms with Crippen molar-refractivity contribution < 1.29 is 14.3 Å². The second kappa shape index (κ2) is 7.53. The molecule has 7 heteroatoms. The van der Waals surface area contributed by atoms with Gasteiger partial charge in [0.15, 0.2) is 11.5 Å². The monoisotopic (exact) mass is 369 g/mol. The fourth-order valence-corrected chi connectivity index (χ4v) is 3.23. The third-order valence-corrected chi connectivity index (χ3v) is 4.71. The van der Waals surface area contributed by atoms with Crippen LogP contribution in [0.1, 0.15) is 25.9 Å². The molecule has 0 saturated carbocycles. The van der Waals surface area contributed by atoms with Gasteiger partial charge < -0.3 is 14.8 Å². The molecule has 0 spiro atoms. The summed E-state index contributed by atoms with van der Waals surface area (Å²) in [5.74, 6) is 1.44. The molecular formula is C19H19N3O3S. The Kier molecular flexibility index (Phi) is 5.18. The maximum absolute atomic E-state index is 12.3. The predicted molar refractivity (Wildman–Crippen MR) is 102 cm³/mol. The molecule has 0 aliphatic rings. The molecule has 0 unspecified atom stereocenters. The molecule has 0 bridgehead atoms. The molecule has 3 rings (SSSR count). The second-order valence-electron chi connectivity index (χ2n) is 5.74. The summed E-state index contributed by atoms with van der Waals surface area (Å²) in [6, 6.07) is 9.10. The Bertz CT molecular complexity index is 936. The van der Waals surface area contributed by atoms with E-state index in [2.05, 4.69) is 15.3 Å². The van der Waals surface area contributed by atoms with Crippen LogP contribution in [0, 0.1) is 20.8 Å². The lowest BCUT2D eigenvalue weighted by Crippen LogP contribution is -2.11. The summed E-state index contributed by atoms with van der Waals surface area (Å²) in [7, 11) is 1.59. The zero-order chi connectivity index (χ0) is 18.7. The van der Waals surface area contributed by atoms with Crippen LogP contribution in [0.15, 0.2) is 36.5 Å². The molecule has 2 aromatic heterocycles. The summed E-state index contributed by atoms with van der Waals surface area (Å²) in [6.45, 7) is 5.68. The van der Waals surface area contributed by atoms with E-state index in [-0.39, 0.29) is 5.91 Å². The number of pyridine rings is 1. The van der Waals surface area contributed by atoms with Crippen LogP contribution in [0.3, 0.4) is 0 Å². The molecule has 6 nitrogen and oxygen atoms in total. The molecule has 0 aliphatic carbocycles. The zero-order valence-corrected chi connectivity index (χ0v) is 15.8. The fraction of sp³-hybridized carbons (Fsp3) is 0.211. The molecule has 3 aromatic rings. The van der Waals surface area contributed by atoms with Crippen molar-refractivity contribution in [3.8, 4) is 17.4 Å². The number of ether oxygens (including phenoxy) is 2. The van der Waals surface area contributed by atoms with Crippen molar-refractivity contribution in [1.29, 1.82) is 0 Å². The van der Waals surface area contributed by atoms with E-state index in [4.69, 9.17) is 9.47 Å². The molecule has 0 aliphatic heterocycles. The van der Waals surface area contributed by atoms with Gasteiger partial charge >= 0.3 is 0 Å². The van der Waals surface area contributed by atoms with Crippen molar-refractivity contribution in [2.24, 2.45) is 0 Å². The van der Waals surface area contributed by atoms with E-state index >= 15 is 0 Å². The Balaban J connectivity index is 1.71. The van der Waals surface area contributed by atoms with Gasteiger partial charge in [-0.15, -0.1) is 11.3 Å². The maximum Gasteiger partial charge on any atom is 0.267 e. The number of amides is 1. The summed E-state index contributed by atoms with van der Waals surface area (Å²) < 4.78 is 11.1. The van der Waals surface area contributed by atoms with Crippen molar-refractivity contribution >= 4 is 22.9 Å². The molecule has 134 valence electrons. The van der Waals surface area contributed by atoms with Gasteiger partial charge in [0, 0.05) is 6.07 Å². The molecule has 26 heavy (non-hydrogen) atoms. The van der Waals surface area contributed by atoms with E-state index in [1.807, 2.05) is 39.0 Å². The number of anilines is 1. The van der Waals surface area contributed by atoms with Crippen LogP contribution in [0.4, 0.5) is 5.69 Å². The molecule has 0 fully saturated rings. The first kappa shape index (κ1) is 17.9. The Morgan fingerprint density at radius 1 is 1.12 bits per heavy atom. The summed E-state index contributed by atoms with van der Waals surface area (Å²) >= 11 is 1.37. The van der Waals surface area contributed by atoms with Gasteiger partial charge in [0.2, 0.25) is 5.88 Å². The maximum atomic E-state index is 12.3. The highest BCUT2D eigenvalue weighted by Crippen LogP contribution is 2.31. The average Bonchev–Trinajstić information content (AvgIpc) is 2.96. The fourth-order valence-electron chi connectivity index (χ4n) is 2.42. The van der Waals surface area contributed by atoms with E-state index in [1.54, 1.807) is 25.4 Å². The SMILES string of the molecule is COc1cc(C)ccc1Oc1ccc(NC(=O)c2sc(C)nc2C)cn1. The van der Waals surface area contributed by atoms with Crippen molar-refractivity contribution in [3.05, 3.63) is 57.7 Å². The number of rotatable bonds is 5. The van der Waals surface area contributed by atoms with Crippen molar-refractivity contribution in [3.63, 3.8) is 0 Å². The summed E-state index contributed by atoms with van der Waals surface area (Å²) in [6.07, 6.45) is 1.55. The van der Waals surface area contributed by atoms with Crippen LogP contribution < -0.4 is 14.8 Å². The molecule has 0 atom stereocenters. The van der Waals surface area contributed by atoms with E-state index in [0.29, 0.717) is 27.9 Å². The van der Waals surface area contributed by atoms with Crippen LogP contribution in [0.25, 0.3) is 0 Å². The van der Waals surface area contributed by atoms with E-state index < -0.39 is 0 Å². The molecule has 0 radical (unpaired) electrons.